The van der Waals surface area contributed by atoms with E-state index in [1.165, 1.54) is 34.1 Å². The maximum atomic E-state index is 11.7. The first-order valence-electron chi connectivity index (χ1n) is 13.0. The van der Waals surface area contributed by atoms with Gasteiger partial charge < -0.3 is 10.4 Å². The van der Waals surface area contributed by atoms with Gasteiger partial charge >= 0.3 is 0 Å². The van der Waals surface area contributed by atoms with Crippen molar-refractivity contribution in [3.8, 4) is 0 Å². The van der Waals surface area contributed by atoms with Gasteiger partial charge in [-0.3, -0.25) is 0 Å². The highest BCUT2D eigenvalue weighted by Gasteiger charge is 2.49. The second-order valence-corrected chi connectivity index (χ2v) is 14.4. The van der Waals surface area contributed by atoms with Crippen LogP contribution in [0.4, 0.5) is 0 Å². The fraction of sp³-hybridized carbons (Fsp3) is 1.00. The minimum Gasteiger partial charge on any atom is -0.313 e. The molecule has 0 bridgehead atoms. The molecule has 0 aromatic rings. The van der Waals surface area contributed by atoms with Crippen molar-refractivity contribution in [1.29, 1.82) is 0 Å². The number of rotatable bonds is 0. The molecule has 6 nitrogen and oxygen atoms in total. The molecule has 0 atom stereocenters. The Morgan fingerprint density at radius 1 is 0.485 bits per heavy atom. The van der Waals surface area contributed by atoms with Crippen molar-refractivity contribution in [1.82, 2.24) is 10.1 Å². The third-order valence-electron chi connectivity index (χ3n) is 8.12. The molecule has 196 valence electrons. The third-order valence-corrected chi connectivity index (χ3v) is 8.12. The van der Waals surface area contributed by atoms with Gasteiger partial charge in [-0.1, -0.05) is 0 Å². The van der Waals surface area contributed by atoms with Crippen molar-refractivity contribution in [2.24, 2.45) is 0 Å². The SMILES string of the molecule is CC1(C)CCCC(C)(C)N1O.CC1(C)CCCC(C)(C)N1O.CC1(C)CCCC(C)(C)[N+]1=O. The molecule has 0 unspecified atom stereocenters. The van der Waals surface area contributed by atoms with E-state index >= 15 is 0 Å². The van der Waals surface area contributed by atoms with E-state index in [1.54, 1.807) is 0 Å². The highest BCUT2D eigenvalue weighted by molar-refractivity contribution is 4.92. The highest BCUT2D eigenvalue weighted by atomic mass is 16.5. The summed E-state index contributed by atoms with van der Waals surface area (Å²) >= 11 is 0. The van der Waals surface area contributed by atoms with Crippen molar-refractivity contribution in [3.63, 3.8) is 0 Å². The van der Waals surface area contributed by atoms with E-state index in [1.807, 2.05) is 27.7 Å². The minimum absolute atomic E-state index is 0.0399. The number of hydrogen-bond donors (Lipinski definition) is 2. The van der Waals surface area contributed by atoms with E-state index in [2.05, 4.69) is 55.4 Å². The van der Waals surface area contributed by atoms with E-state index in [-0.39, 0.29) is 33.2 Å². The van der Waals surface area contributed by atoms with Gasteiger partial charge in [0.1, 0.15) is 0 Å². The Morgan fingerprint density at radius 3 is 0.879 bits per heavy atom. The average Bonchev–Trinajstić information content (AvgIpc) is 2.63. The van der Waals surface area contributed by atoms with E-state index in [9.17, 15) is 15.3 Å². The summed E-state index contributed by atoms with van der Waals surface area (Å²) in [6.45, 7) is 24.8. The molecule has 0 amide bonds. The molecule has 0 spiro atoms. The Morgan fingerprint density at radius 2 is 0.697 bits per heavy atom. The standard InChI is InChI=1S/2C9H19NO.C9H18NO/c3*1-8(2)6-5-7-9(3,4)10(8)11/h2*11H,5-7H2,1-4H3;5-7H2,1-4H3/q;;+1. The number of nitroso groups, excluding NO2 is 1. The second-order valence-electron chi connectivity index (χ2n) is 14.4. The first kappa shape index (κ1) is 30.5. The zero-order valence-electron chi connectivity index (χ0n) is 24.0. The number of hydrogen-bond acceptors (Lipinski definition) is 5. The maximum Gasteiger partial charge on any atom is 0.205 e. The van der Waals surface area contributed by atoms with Crippen molar-refractivity contribution >= 4 is 0 Å². The Hall–Kier alpha value is -0.560. The lowest BCUT2D eigenvalue weighted by molar-refractivity contribution is -0.692. The molecule has 0 aliphatic carbocycles. The number of nitrogens with zero attached hydrogens (tertiary/aromatic N) is 3. The van der Waals surface area contributed by atoms with Crippen molar-refractivity contribution in [2.45, 2.75) is 174 Å². The smallest absolute Gasteiger partial charge is 0.205 e. The Kier molecular flexibility index (Phi) is 9.42. The van der Waals surface area contributed by atoms with Crippen LogP contribution >= 0.6 is 0 Å². The summed E-state index contributed by atoms with van der Waals surface area (Å²) in [6.07, 6.45) is 10.0. The molecule has 0 radical (unpaired) electrons. The second kappa shape index (κ2) is 10.2. The van der Waals surface area contributed by atoms with Crippen LogP contribution < -0.4 is 0 Å². The fourth-order valence-electron chi connectivity index (χ4n) is 5.95. The van der Waals surface area contributed by atoms with Crippen LogP contribution in [-0.2, 0) is 0 Å². The van der Waals surface area contributed by atoms with E-state index in [0.717, 1.165) is 38.5 Å². The van der Waals surface area contributed by atoms with Crippen LogP contribution in [0.3, 0.4) is 0 Å². The molecule has 3 heterocycles. The normalized spacial score (nSPS) is 29.7. The first-order valence-corrected chi connectivity index (χ1v) is 13.0. The summed E-state index contributed by atoms with van der Waals surface area (Å²) in [5, 5.41) is 22.6. The lowest BCUT2D eigenvalue weighted by Crippen LogP contribution is -2.56. The lowest BCUT2D eigenvalue weighted by atomic mass is 9.82. The number of hydroxylamine groups is 4. The average molecular weight is 471 g/mol. The summed E-state index contributed by atoms with van der Waals surface area (Å²) in [7, 11) is 0. The first-order chi connectivity index (χ1) is 14.6. The van der Waals surface area contributed by atoms with Crippen molar-refractivity contribution < 1.29 is 15.2 Å². The molecule has 0 aromatic carbocycles. The molecule has 3 rings (SSSR count). The molecule has 6 heteroatoms. The maximum absolute atomic E-state index is 11.7. The molecule has 0 aromatic heterocycles. The number of piperidine rings is 3. The molecular weight excluding hydrogens is 414 g/mol. The summed E-state index contributed by atoms with van der Waals surface area (Å²) in [6, 6.07) is 0. The van der Waals surface area contributed by atoms with Crippen LogP contribution in [-0.4, -0.2) is 58.5 Å². The van der Waals surface area contributed by atoms with Crippen molar-refractivity contribution in [3.05, 3.63) is 4.91 Å². The van der Waals surface area contributed by atoms with E-state index in [4.69, 9.17) is 0 Å². The molecule has 3 saturated heterocycles. The van der Waals surface area contributed by atoms with Crippen molar-refractivity contribution in [2.75, 3.05) is 0 Å². The van der Waals surface area contributed by atoms with Gasteiger partial charge in [0.25, 0.3) is 0 Å². The molecule has 3 fully saturated rings. The molecule has 33 heavy (non-hydrogen) atoms. The summed E-state index contributed by atoms with van der Waals surface area (Å²) < 4.78 is 1.27. The minimum atomic E-state index is -0.151. The quantitative estimate of drug-likeness (QED) is 0.362. The van der Waals surface area contributed by atoms with Gasteiger partial charge in [0, 0.05) is 72.4 Å². The summed E-state index contributed by atoms with van der Waals surface area (Å²) in [5.74, 6) is 0. The van der Waals surface area contributed by atoms with E-state index < -0.39 is 0 Å². The molecular formula is C27H56N3O3+. The predicted octanol–water partition coefficient (Wildman–Crippen LogP) is 7.34. The van der Waals surface area contributed by atoms with Crippen LogP contribution in [0.5, 0.6) is 0 Å². The van der Waals surface area contributed by atoms with Crippen LogP contribution in [0.25, 0.3) is 0 Å². The molecule has 2 N–H and O–H groups in total. The zero-order chi connectivity index (χ0) is 26.1. The van der Waals surface area contributed by atoms with Gasteiger partial charge in [-0.2, -0.15) is 10.1 Å². The Bertz CT molecular complexity index is 580. The molecule has 3 aliphatic rings. The Balaban J connectivity index is 0.000000247. The van der Waals surface area contributed by atoms with Gasteiger partial charge in [-0.15, -0.1) is 0 Å². The highest BCUT2D eigenvalue weighted by Crippen LogP contribution is 2.37. The van der Waals surface area contributed by atoms with Gasteiger partial charge in [0.05, 0.1) is 0 Å². The van der Waals surface area contributed by atoms with Gasteiger partial charge in [0.15, 0.2) is 0 Å². The van der Waals surface area contributed by atoms with Gasteiger partial charge in [-0.05, 0) is 100 Å². The Labute approximate surface area is 204 Å². The van der Waals surface area contributed by atoms with Gasteiger partial charge in [-0.25, -0.2) is 0 Å². The molecule has 3 aliphatic heterocycles. The monoisotopic (exact) mass is 470 g/mol. The summed E-state index contributed by atoms with van der Waals surface area (Å²) in [5.41, 5.74) is -0.462. The van der Waals surface area contributed by atoms with Gasteiger partial charge in [0.2, 0.25) is 11.1 Å². The van der Waals surface area contributed by atoms with Crippen LogP contribution in [0.15, 0.2) is 0 Å². The summed E-state index contributed by atoms with van der Waals surface area (Å²) in [4.78, 5) is 11.7. The fourth-order valence-corrected chi connectivity index (χ4v) is 5.95. The lowest BCUT2D eigenvalue weighted by Gasteiger charge is -2.48. The largest absolute Gasteiger partial charge is 0.313 e. The predicted molar refractivity (Wildman–Crippen MR) is 137 cm³/mol. The zero-order valence-corrected chi connectivity index (χ0v) is 24.0. The third kappa shape index (κ3) is 7.71. The van der Waals surface area contributed by atoms with Crippen LogP contribution in [0.1, 0.15) is 141 Å². The van der Waals surface area contributed by atoms with Crippen LogP contribution in [0, 0.1) is 4.91 Å². The topological polar surface area (TPSA) is 67.0 Å². The molecule has 0 saturated carbocycles. The van der Waals surface area contributed by atoms with Crippen LogP contribution in [0.2, 0.25) is 0 Å². The van der Waals surface area contributed by atoms with E-state index in [0.29, 0.717) is 0 Å².